The van der Waals surface area contributed by atoms with Crippen LogP contribution in [0.4, 0.5) is 13.2 Å². The van der Waals surface area contributed by atoms with Crippen LogP contribution in [0.1, 0.15) is 38.7 Å². The summed E-state index contributed by atoms with van der Waals surface area (Å²) in [4.78, 5) is 12.3. The first-order valence-corrected chi connectivity index (χ1v) is 7.86. The van der Waals surface area contributed by atoms with Crippen LogP contribution in [0, 0.1) is 5.92 Å². The first kappa shape index (κ1) is 18.4. The molecule has 4 nitrogen and oxygen atoms in total. The van der Waals surface area contributed by atoms with Gasteiger partial charge >= 0.3 is 6.18 Å². The molecule has 24 heavy (non-hydrogen) atoms. The number of benzene rings is 1. The number of carbonyl (C=O) groups is 1. The number of halogens is 3. The van der Waals surface area contributed by atoms with Gasteiger partial charge in [0.25, 0.3) is 5.72 Å². The lowest BCUT2D eigenvalue weighted by molar-refractivity contribution is -0.302. The number of hydrazone groups is 1. The highest BCUT2D eigenvalue weighted by atomic mass is 19.4. The molecule has 2 rings (SSSR count). The van der Waals surface area contributed by atoms with Crippen molar-refractivity contribution in [3.05, 3.63) is 35.9 Å². The summed E-state index contributed by atoms with van der Waals surface area (Å²) >= 11 is 0. The van der Waals surface area contributed by atoms with E-state index in [9.17, 15) is 23.1 Å². The van der Waals surface area contributed by atoms with Crippen LogP contribution in [0.2, 0.25) is 0 Å². The van der Waals surface area contributed by atoms with Gasteiger partial charge in [0.1, 0.15) is 0 Å². The molecule has 1 aliphatic rings. The normalized spacial score (nSPS) is 21.3. The Morgan fingerprint density at radius 3 is 2.50 bits per heavy atom. The molecule has 1 aliphatic heterocycles. The third-order valence-electron chi connectivity index (χ3n) is 3.85. The van der Waals surface area contributed by atoms with E-state index in [1.54, 1.807) is 24.3 Å². The van der Waals surface area contributed by atoms with Gasteiger partial charge in [-0.15, -0.1) is 0 Å². The Morgan fingerprint density at radius 2 is 1.96 bits per heavy atom. The summed E-state index contributed by atoms with van der Waals surface area (Å²) in [5.74, 6) is -0.752. The van der Waals surface area contributed by atoms with Crippen molar-refractivity contribution in [3.8, 4) is 0 Å². The van der Waals surface area contributed by atoms with Gasteiger partial charge in [-0.25, -0.2) is 0 Å². The fraction of sp³-hybridized carbons (Fsp3) is 0.529. The van der Waals surface area contributed by atoms with Crippen LogP contribution < -0.4 is 0 Å². The number of carbonyl (C=O) groups excluding carboxylic acids is 1. The third-order valence-corrected chi connectivity index (χ3v) is 3.85. The van der Waals surface area contributed by atoms with Crippen LogP contribution in [0.15, 0.2) is 35.4 Å². The van der Waals surface area contributed by atoms with E-state index in [1.165, 1.54) is 0 Å². The number of rotatable bonds is 5. The van der Waals surface area contributed by atoms with Crippen molar-refractivity contribution >= 4 is 11.6 Å². The maximum Gasteiger partial charge on any atom is 0.438 e. The standard InChI is InChI=1S/C17H21F3N2O2/c1-12(2)10-14-11-16(24,17(18,19)20)22(21-14)15(23)9-8-13-6-4-3-5-7-13/h3-7,12,24H,8-11H2,1-2H3/t16-/m0/s1. The smallest absolute Gasteiger partial charge is 0.362 e. The summed E-state index contributed by atoms with van der Waals surface area (Å²) in [6.07, 6.45) is -5.20. The molecule has 1 atom stereocenters. The molecule has 1 amide bonds. The number of aliphatic hydroxyl groups is 1. The third kappa shape index (κ3) is 3.95. The summed E-state index contributed by atoms with van der Waals surface area (Å²) in [5, 5.41) is 14.1. The molecule has 1 N–H and O–H groups in total. The zero-order chi connectivity index (χ0) is 18.0. The van der Waals surface area contributed by atoms with Crippen molar-refractivity contribution in [2.75, 3.05) is 0 Å². The lowest BCUT2D eigenvalue weighted by atomic mass is 9.99. The number of hydrogen-bond donors (Lipinski definition) is 1. The number of aryl methyl sites for hydroxylation is 1. The van der Waals surface area contributed by atoms with E-state index in [2.05, 4.69) is 5.10 Å². The van der Waals surface area contributed by atoms with Gasteiger partial charge in [-0.1, -0.05) is 44.2 Å². The highest BCUT2D eigenvalue weighted by Crippen LogP contribution is 2.41. The molecule has 0 saturated heterocycles. The molecule has 7 heteroatoms. The Labute approximate surface area is 139 Å². The van der Waals surface area contributed by atoms with E-state index in [1.807, 2.05) is 19.9 Å². The van der Waals surface area contributed by atoms with E-state index in [4.69, 9.17) is 0 Å². The summed E-state index contributed by atoms with van der Waals surface area (Å²) in [6.45, 7) is 3.68. The first-order chi connectivity index (χ1) is 11.1. The summed E-state index contributed by atoms with van der Waals surface area (Å²) in [5.41, 5.74) is -2.21. The van der Waals surface area contributed by atoms with Crippen LogP contribution in [0.25, 0.3) is 0 Å². The molecule has 0 fully saturated rings. The van der Waals surface area contributed by atoms with Crippen molar-refractivity contribution in [1.82, 2.24) is 5.01 Å². The molecule has 0 bridgehead atoms. The Kier molecular flexibility index (Phi) is 5.32. The highest BCUT2D eigenvalue weighted by molar-refractivity contribution is 5.91. The number of nitrogens with zero attached hydrogens (tertiary/aromatic N) is 2. The Balaban J connectivity index is 2.15. The van der Waals surface area contributed by atoms with Gasteiger partial charge in [0, 0.05) is 18.6 Å². The monoisotopic (exact) mass is 342 g/mol. The van der Waals surface area contributed by atoms with Gasteiger partial charge in [0.2, 0.25) is 5.91 Å². The molecule has 1 heterocycles. The number of alkyl halides is 3. The van der Waals surface area contributed by atoms with E-state index in [0.29, 0.717) is 12.8 Å². The largest absolute Gasteiger partial charge is 0.438 e. The van der Waals surface area contributed by atoms with E-state index >= 15 is 0 Å². The second-order valence-corrected chi connectivity index (χ2v) is 6.45. The van der Waals surface area contributed by atoms with E-state index in [0.717, 1.165) is 5.56 Å². The Morgan fingerprint density at radius 1 is 1.33 bits per heavy atom. The predicted octanol–water partition coefficient (Wildman–Crippen LogP) is 3.50. The lowest BCUT2D eigenvalue weighted by Gasteiger charge is -2.32. The molecule has 0 aromatic heterocycles. The van der Waals surface area contributed by atoms with Crippen LogP contribution in [-0.4, -0.2) is 33.6 Å². The fourth-order valence-corrected chi connectivity index (χ4v) is 2.69. The minimum atomic E-state index is -4.96. The van der Waals surface area contributed by atoms with Crippen molar-refractivity contribution in [1.29, 1.82) is 0 Å². The number of hydrogen-bond acceptors (Lipinski definition) is 3. The minimum absolute atomic E-state index is 0.0839. The van der Waals surface area contributed by atoms with E-state index in [-0.39, 0.29) is 23.1 Å². The predicted molar refractivity (Wildman–Crippen MR) is 84.1 cm³/mol. The molecule has 0 spiro atoms. The van der Waals surface area contributed by atoms with Gasteiger partial charge < -0.3 is 5.11 Å². The van der Waals surface area contributed by atoms with Crippen LogP contribution in [0.3, 0.4) is 0 Å². The van der Waals surface area contributed by atoms with Crippen LogP contribution in [-0.2, 0) is 11.2 Å². The molecule has 132 valence electrons. The zero-order valence-corrected chi connectivity index (χ0v) is 13.7. The maximum atomic E-state index is 13.3. The van der Waals surface area contributed by atoms with Gasteiger partial charge in [-0.05, 0) is 24.3 Å². The molecule has 0 radical (unpaired) electrons. The van der Waals surface area contributed by atoms with Gasteiger partial charge in [-0.3, -0.25) is 4.79 Å². The Bertz CT molecular complexity index is 614. The van der Waals surface area contributed by atoms with Gasteiger partial charge in [-0.2, -0.15) is 23.3 Å². The molecular weight excluding hydrogens is 321 g/mol. The second kappa shape index (κ2) is 6.93. The van der Waals surface area contributed by atoms with Gasteiger partial charge in [0.05, 0.1) is 0 Å². The number of amides is 1. The molecular formula is C17H21F3N2O2. The molecule has 1 aromatic rings. The highest BCUT2D eigenvalue weighted by Gasteiger charge is 2.62. The summed E-state index contributed by atoms with van der Waals surface area (Å²) < 4.78 is 39.9. The first-order valence-electron chi connectivity index (χ1n) is 7.86. The van der Waals surface area contributed by atoms with Crippen molar-refractivity contribution in [2.24, 2.45) is 11.0 Å². The Hall–Kier alpha value is -1.89. The van der Waals surface area contributed by atoms with Gasteiger partial charge in [0.15, 0.2) is 0 Å². The maximum absolute atomic E-state index is 13.3. The lowest BCUT2D eigenvalue weighted by Crippen LogP contribution is -2.56. The molecule has 0 unspecified atom stereocenters. The summed E-state index contributed by atoms with van der Waals surface area (Å²) in [6, 6.07) is 8.99. The molecule has 0 saturated carbocycles. The van der Waals surface area contributed by atoms with Crippen molar-refractivity contribution in [2.45, 2.75) is 51.4 Å². The summed E-state index contributed by atoms with van der Waals surface area (Å²) in [7, 11) is 0. The SMILES string of the molecule is CC(C)CC1=NN(C(=O)CCc2ccccc2)[C@@](O)(C(F)(F)F)C1. The average molecular weight is 342 g/mol. The minimum Gasteiger partial charge on any atom is -0.362 e. The van der Waals surface area contributed by atoms with E-state index < -0.39 is 24.2 Å². The second-order valence-electron chi connectivity index (χ2n) is 6.45. The van der Waals surface area contributed by atoms with Crippen LogP contribution >= 0.6 is 0 Å². The molecule has 1 aromatic carbocycles. The van der Waals surface area contributed by atoms with Crippen molar-refractivity contribution < 1.29 is 23.1 Å². The fourth-order valence-electron chi connectivity index (χ4n) is 2.69. The van der Waals surface area contributed by atoms with Crippen molar-refractivity contribution in [3.63, 3.8) is 0 Å². The molecule has 0 aliphatic carbocycles. The zero-order valence-electron chi connectivity index (χ0n) is 13.7. The average Bonchev–Trinajstić information content (AvgIpc) is 2.83. The quantitative estimate of drug-likeness (QED) is 0.890. The topological polar surface area (TPSA) is 52.9 Å². The van der Waals surface area contributed by atoms with Crippen LogP contribution in [0.5, 0.6) is 0 Å².